The average Bonchev–Trinajstić information content (AvgIpc) is 2.37. The van der Waals surface area contributed by atoms with Crippen molar-refractivity contribution in [3.05, 3.63) is 5.28 Å². The lowest BCUT2D eigenvalue weighted by molar-refractivity contribution is -0.0977. The lowest BCUT2D eigenvalue weighted by Gasteiger charge is -2.51. The maximum Gasteiger partial charge on any atom is 0.230 e. The molecule has 112 valence electrons. The predicted molar refractivity (Wildman–Crippen MR) is 80.4 cm³/mol. The van der Waals surface area contributed by atoms with Crippen LogP contribution in [0.5, 0.6) is 0 Å². The van der Waals surface area contributed by atoms with Crippen molar-refractivity contribution in [1.29, 1.82) is 0 Å². The summed E-state index contributed by atoms with van der Waals surface area (Å²) < 4.78 is 5.72. The zero-order valence-corrected chi connectivity index (χ0v) is 13.4. The molecular formula is C13H22ClN5O. The van der Waals surface area contributed by atoms with Gasteiger partial charge in [0.15, 0.2) is 0 Å². The predicted octanol–water partition coefficient (Wildman–Crippen LogP) is 2.21. The SMILES string of the molecule is CCOC1CC(Nc2nc(Cl)nc(N(C)C)n2)C1(C)C. The summed E-state index contributed by atoms with van der Waals surface area (Å²) in [4.78, 5) is 14.4. The monoisotopic (exact) mass is 299 g/mol. The van der Waals surface area contributed by atoms with Crippen molar-refractivity contribution in [2.45, 2.75) is 39.3 Å². The number of anilines is 2. The van der Waals surface area contributed by atoms with Crippen LogP contribution in [0.25, 0.3) is 0 Å². The molecule has 1 aliphatic carbocycles. The lowest BCUT2D eigenvalue weighted by Crippen LogP contribution is -2.58. The molecule has 1 aromatic heterocycles. The van der Waals surface area contributed by atoms with E-state index >= 15 is 0 Å². The second kappa shape index (κ2) is 5.69. The summed E-state index contributed by atoms with van der Waals surface area (Å²) in [5.74, 6) is 1.06. The van der Waals surface area contributed by atoms with Crippen molar-refractivity contribution in [2.24, 2.45) is 5.41 Å². The molecule has 1 heterocycles. The van der Waals surface area contributed by atoms with Crippen LogP contribution in [0.15, 0.2) is 0 Å². The molecule has 0 aliphatic heterocycles. The number of halogens is 1. The molecule has 6 nitrogen and oxygen atoms in total. The maximum atomic E-state index is 5.93. The second-order valence-corrected chi connectivity index (χ2v) is 6.16. The molecule has 0 aromatic carbocycles. The summed E-state index contributed by atoms with van der Waals surface area (Å²) in [6, 6.07) is 0.271. The Bertz CT molecular complexity index is 480. The molecule has 2 atom stereocenters. The summed E-state index contributed by atoms with van der Waals surface area (Å²) in [5.41, 5.74) is 0.0490. The van der Waals surface area contributed by atoms with Gasteiger partial charge in [-0.15, -0.1) is 0 Å². The number of nitrogens with one attached hydrogen (secondary N) is 1. The van der Waals surface area contributed by atoms with Gasteiger partial charge in [-0.3, -0.25) is 0 Å². The third-order valence-electron chi connectivity index (χ3n) is 3.85. The van der Waals surface area contributed by atoms with Crippen molar-refractivity contribution in [2.75, 3.05) is 30.9 Å². The number of ether oxygens (including phenoxy) is 1. The highest BCUT2D eigenvalue weighted by atomic mass is 35.5. The van der Waals surface area contributed by atoms with Crippen LogP contribution in [0.2, 0.25) is 5.28 Å². The minimum Gasteiger partial charge on any atom is -0.378 e. The summed E-state index contributed by atoms with van der Waals surface area (Å²) in [7, 11) is 3.74. The standard InChI is InChI=1S/C13H22ClN5O/c1-6-20-9-7-8(13(9,2)3)15-11-16-10(14)17-12(18-11)19(4)5/h8-9H,6-7H2,1-5H3,(H,15,16,17,18). The van der Waals surface area contributed by atoms with Crippen LogP contribution in [-0.4, -0.2) is 47.8 Å². The van der Waals surface area contributed by atoms with Gasteiger partial charge in [0.2, 0.25) is 17.2 Å². The number of rotatable bonds is 5. The van der Waals surface area contributed by atoms with Crippen molar-refractivity contribution >= 4 is 23.5 Å². The van der Waals surface area contributed by atoms with Gasteiger partial charge in [0, 0.05) is 32.2 Å². The molecule has 0 saturated heterocycles. The van der Waals surface area contributed by atoms with Crippen molar-refractivity contribution in [3.8, 4) is 0 Å². The largest absolute Gasteiger partial charge is 0.378 e. The molecule has 20 heavy (non-hydrogen) atoms. The van der Waals surface area contributed by atoms with Crippen LogP contribution < -0.4 is 10.2 Å². The van der Waals surface area contributed by atoms with E-state index in [1.807, 2.05) is 21.0 Å². The summed E-state index contributed by atoms with van der Waals surface area (Å²) in [5, 5.41) is 3.54. The van der Waals surface area contributed by atoms with Gasteiger partial charge in [0.05, 0.1) is 6.10 Å². The van der Waals surface area contributed by atoms with Gasteiger partial charge in [-0.1, -0.05) is 13.8 Å². The topological polar surface area (TPSA) is 63.2 Å². The maximum absolute atomic E-state index is 5.93. The zero-order chi connectivity index (χ0) is 14.9. The molecule has 1 fully saturated rings. The first-order valence-corrected chi connectivity index (χ1v) is 7.19. The van der Waals surface area contributed by atoms with E-state index in [-0.39, 0.29) is 22.8 Å². The first-order chi connectivity index (χ1) is 9.34. The van der Waals surface area contributed by atoms with E-state index in [1.54, 1.807) is 4.90 Å². The minimum absolute atomic E-state index is 0.0490. The molecule has 1 saturated carbocycles. The molecule has 0 spiro atoms. The Morgan fingerprint density at radius 3 is 2.60 bits per heavy atom. The van der Waals surface area contributed by atoms with Gasteiger partial charge in [-0.2, -0.15) is 15.0 Å². The van der Waals surface area contributed by atoms with Crippen LogP contribution >= 0.6 is 11.6 Å². The molecule has 1 aliphatic rings. The van der Waals surface area contributed by atoms with E-state index in [9.17, 15) is 0 Å². The van der Waals surface area contributed by atoms with Crippen molar-refractivity contribution in [3.63, 3.8) is 0 Å². The van der Waals surface area contributed by atoms with Crippen LogP contribution in [0, 0.1) is 5.41 Å². The molecule has 0 amide bonds. The van der Waals surface area contributed by atoms with Gasteiger partial charge >= 0.3 is 0 Å². The smallest absolute Gasteiger partial charge is 0.230 e. The molecule has 7 heteroatoms. The Hall–Kier alpha value is -1.14. The number of hydrogen-bond donors (Lipinski definition) is 1. The quantitative estimate of drug-likeness (QED) is 0.899. The Balaban J connectivity index is 2.08. The van der Waals surface area contributed by atoms with Crippen molar-refractivity contribution < 1.29 is 4.74 Å². The first-order valence-electron chi connectivity index (χ1n) is 6.81. The normalized spacial score (nSPS) is 24.1. The molecule has 0 radical (unpaired) electrons. The lowest BCUT2D eigenvalue weighted by atomic mass is 9.64. The molecule has 1 aromatic rings. The Morgan fingerprint density at radius 2 is 2.05 bits per heavy atom. The van der Waals surface area contributed by atoms with Crippen LogP contribution in [0.1, 0.15) is 27.2 Å². The van der Waals surface area contributed by atoms with Gasteiger partial charge < -0.3 is 15.0 Å². The highest BCUT2D eigenvalue weighted by molar-refractivity contribution is 6.28. The fraction of sp³-hybridized carbons (Fsp3) is 0.769. The fourth-order valence-corrected chi connectivity index (χ4v) is 2.53. The van der Waals surface area contributed by atoms with E-state index in [1.165, 1.54) is 0 Å². The van der Waals surface area contributed by atoms with Crippen LogP contribution in [-0.2, 0) is 4.74 Å². The third kappa shape index (κ3) is 2.96. The van der Waals surface area contributed by atoms with E-state index in [0.29, 0.717) is 11.9 Å². The van der Waals surface area contributed by atoms with Gasteiger partial charge in [-0.05, 0) is 24.9 Å². The van der Waals surface area contributed by atoms with E-state index in [4.69, 9.17) is 16.3 Å². The number of aromatic nitrogens is 3. The van der Waals surface area contributed by atoms with E-state index in [0.717, 1.165) is 13.0 Å². The Kier molecular flexibility index (Phi) is 4.34. The molecule has 0 bridgehead atoms. The summed E-state index contributed by atoms with van der Waals surface area (Å²) in [6.45, 7) is 7.13. The van der Waals surface area contributed by atoms with Crippen LogP contribution in [0.4, 0.5) is 11.9 Å². The third-order valence-corrected chi connectivity index (χ3v) is 4.01. The average molecular weight is 300 g/mol. The van der Waals surface area contributed by atoms with Gasteiger partial charge in [-0.25, -0.2) is 0 Å². The number of nitrogens with zero attached hydrogens (tertiary/aromatic N) is 4. The highest BCUT2D eigenvalue weighted by Gasteiger charge is 2.49. The molecule has 2 rings (SSSR count). The van der Waals surface area contributed by atoms with Gasteiger partial charge in [0.25, 0.3) is 0 Å². The summed E-state index contributed by atoms with van der Waals surface area (Å²) in [6.07, 6.45) is 1.22. The fourth-order valence-electron chi connectivity index (χ4n) is 2.37. The molecule has 1 N–H and O–H groups in total. The highest BCUT2D eigenvalue weighted by Crippen LogP contribution is 2.44. The Labute approximate surface area is 124 Å². The minimum atomic E-state index is 0.0490. The van der Waals surface area contributed by atoms with E-state index in [2.05, 4.69) is 34.1 Å². The van der Waals surface area contributed by atoms with Gasteiger partial charge in [0.1, 0.15) is 0 Å². The number of hydrogen-bond acceptors (Lipinski definition) is 6. The van der Waals surface area contributed by atoms with Crippen molar-refractivity contribution in [1.82, 2.24) is 15.0 Å². The Morgan fingerprint density at radius 1 is 1.35 bits per heavy atom. The molecule has 2 unspecified atom stereocenters. The second-order valence-electron chi connectivity index (χ2n) is 5.82. The van der Waals surface area contributed by atoms with Crippen LogP contribution in [0.3, 0.4) is 0 Å². The molecular weight excluding hydrogens is 278 g/mol. The zero-order valence-electron chi connectivity index (χ0n) is 12.6. The first kappa shape index (κ1) is 15.3. The summed E-state index contributed by atoms with van der Waals surface area (Å²) >= 11 is 5.93. The van der Waals surface area contributed by atoms with E-state index < -0.39 is 0 Å².